The summed E-state index contributed by atoms with van der Waals surface area (Å²) in [4.78, 5) is 12.1. The minimum atomic E-state index is -0.425. The second-order valence-electron chi connectivity index (χ2n) is 4.73. The van der Waals surface area contributed by atoms with Crippen LogP contribution in [0.4, 0.5) is 16.2 Å². The van der Waals surface area contributed by atoms with E-state index in [9.17, 15) is 4.79 Å². The molecule has 0 radical (unpaired) electrons. The summed E-state index contributed by atoms with van der Waals surface area (Å²) in [6.07, 6.45) is 0. The van der Waals surface area contributed by atoms with Crippen molar-refractivity contribution >= 4 is 40.6 Å². The lowest BCUT2D eigenvalue weighted by atomic mass is 10.2. The fourth-order valence-electron chi connectivity index (χ4n) is 1.96. The van der Waals surface area contributed by atoms with Crippen molar-refractivity contribution in [2.75, 3.05) is 24.9 Å². The van der Waals surface area contributed by atoms with Gasteiger partial charge in [0.2, 0.25) is 0 Å². The Morgan fingerprint density at radius 3 is 2.26 bits per heavy atom. The van der Waals surface area contributed by atoms with Crippen LogP contribution in [0.25, 0.3) is 0 Å². The van der Waals surface area contributed by atoms with Gasteiger partial charge >= 0.3 is 6.03 Å². The maximum Gasteiger partial charge on any atom is 0.323 e. The lowest BCUT2D eigenvalue weighted by molar-refractivity contribution is 0.262. The van der Waals surface area contributed by atoms with E-state index >= 15 is 0 Å². The van der Waals surface area contributed by atoms with Gasteiger partial charge in [-0.1, -0.05) is 23.2 Å². The maximum absolute atomic E-state index is 12.1. The Hall–Kier alpha value is -2.11. The standard InChI is InChI=1S/C16H16Cl2N2O3/c1-9-6-13(15(23-3)8-11(9)17)20-16(21)19-10-4-5-14(22-2)12(18)7-10/h4-8H,1-3H3,(H2,19,20,21). The first-order chi connectivity index (χ1) is 10.9. The molecular formula is C16H16Cl2N2O3. The number of aryl methyl sites for hydroxylation is 1. The van der Waals surface area contributed by atoms with Crippen molar-refractivity contribution in [1.82, 2.24) is 0 Å². The number of anilines is 2. The van der Waals surface area contributed by atoms with Gasteiger partial charge in [0.05, 0.1) is 24.9 Å². The number of carbonyl (C=O) groups is 1. The minimum Gasteiger partial charge on any atom is -0.495 e. The van der Waals surface area contributed by atoms with Crippen molar-refractivity contribution in [3.8, 4) is 11.5 Å². The zero-order valence-corrected chi connectivity index (χ0v) is 14.4. The fourth-order valence-corrected chi connectivity index (χ4v) is 2.37. The van der Waals surface area contributed by atoms with Crippen molar-refractivity contribution in [2.45, 2.75) is 6.92 Å². The largest absolute Gasteiger partial charge is 0.495 e. The first kappa shape index (κ1) is 17.2. The molecule has 0 atom stereocenters. The van der Waals surface area contributed by atoms with E-state index in [0.717, 1.165) is 5.56 Å². The number of hydrogen-bond acceptors (Lipinski definition) is 3. The van der Waals surface area contributed by atoms with Gasteiger partial charge in [-0.3, -0.25) is 0 Å². The van der Waals surface area contributed by atoms with Gasteiger partial charge in [0, 0.05) is 16.8 Å². The summed E-state index contributed by atoms with van der Waals surface area (Å²) in [5, 5.41) is 6.38. The molecule has 2 N–H and O–H groups in total. The molecule has 0 aliphatic rings. The van der Waals surface area contributed by atoms with Crippen LogP contribution in [0, 0.1) is 6.92 Å². The third-order valence-electron chi connectivity index (χ3n) is 3.14. The molecule has 5 nitrogen and oxygen atoms in total. The fraction of sp³-hybridized carbons (Fsp3) is 0.188. The Bertz CT molecular complexity index is 736. The highest BCUT2D eigenvalue weighted by Crippen LogP contribution is 2.31. The SMILES string of the molecule is COc1ccc(NC(=O)Nc2cc(C)c(Cl)cc2OC)cc1Cl. The molecule has 23 heavy (non-hydrogen) atoms. The van der Waals surface area contributed by atoms with Gasteiger partial charge in [-0.05, 0) is 36.8 Å². The van der Waals surface area contributed by atoms with Crippen LogP contribution in [-0.2, 0) is 0 Å². The second kappa shape index (κ2) is 7.44. The molecule has 7 heteroatoms. The van der Waals surface area contributed by atoms with E-state index in [1.54, 1.807) is 30.3 Å². The van der Waals surface area contributed by atoms with Crippen LogP contribution < -0.4 is 20.1 Å². The van der Waals surface area contributed by atoms with Crippen LogP contribution in [0.1, 0.15) is 5.56 Å². The number of amides is 2. The van der Waals surface area contributed by atoms with Crippen LogP contribution >= 0.6 is 23.2 Å². The highest BCUT2D eigenvalue weighted by molar-refractivity contribution is 6.32. The summed E-state index contributed by atoms with van der Waals surface area (Å²) in [6, 6.07) is 7.92. The van der Waals surface area contributed by atoms with E-state index in [1.165, 1.54) is 14.2 Å². The zero-order valence-electron chi connectivity index (χ0n) is 12.9. The predicted octanol–water partition coefficient (Wildman–Crippen LogP) is 4.96. The molecule has 0 unspecified atom stereocenters. The molecule has 0 bridgehead atoms. The highest BCUT2D eigenvalue weighted by Gasteiger charge is 2.11. The average Bonchev–Trinajstić information content (AvgIpc) is 2.50. The van der Waals surface area contributed by atoms with Crippen LogP contribution in [0.2, 0.25) is 10.0 Å². The third kappa shape index (κ3) is 4.21. The molecule has 2 amide bonds. The molecule has 0 heterocycles. The van der Waals surface area contributed by atoms with Crippen molar-refractivity contribution in [3.63, 3.8) is 0 Å². The second-order valence-corrected chi connectivity index (χ2v) is 5.54. The van der Waals surface area contributed by atoms with E-state index < -0.39 is 6.03 Å². The van der Waals surface area contributed by atoms with E-state index in [-0.39, 0.29) is 0 Å². The number of methoxy groups -OCH3 is 2. The van der Waals surface area contributed by atoms with Crippen LogP contribution in [0.3, 0.4) is 0 Å². The molecule has 2 aromatic carbocycles. The van der Waals surface area contributed by atoms with Crippen LogP contribution in [0.5, 0.6) is 11.5 Å². The Labute approximate surface area is 144 Å². The summed E-state index contributed by atoms with van der Waals surface area (Å²) >= 11 is 12.1. The van der Waals surface area contributed by atoms with Crippen LogP contribution in [-0.4, -0.2) is 20.3 Å². The van der Waals surface area contributed by atoms with Crippen molar-refractivity contribution in [3.05, 3.63) is 45.9 Å². The Morgan fingerprint density at radius 1 is 0.957 bits per heavy atom. The van der Waals surface area contributed by atoms with Gasteiger partial charge < -0.3 is 20.1 Å². The Morgan fingerprint density at radius 2 is 1.65 bits per heavy atom. The lowest BCUT2D eigenvalue weighted by Crippen LogP contribution is -2.20. The molecule has 122 valence electrons. The first-order valence-electron chi connectivity index (χ1n) is 6.70. The molecule has 0 spiro atoms. The highest BCUT2D eigenvalue weighted by atomic mass is 35.5. The lowest BCUT2D eigenvalue weighted by Gasteiger charge is -2.13. The summed E-state index contributed by atoms with van der Waals surface area (Å²) in [6.45, 7) is 1.84. The molecule has 0 fully saturated rings. The normalized spacial score (nSPS) is 10.1. The third-order valence-corrected chi connectivity index (χ3v) is 3.84. The van der Waals surface area contributed by atoms with Crippen LogP contribution in [0.15, 0.2) is 30.3 Å². The van der Waals surface area contributed by atoms with Gasteiger partial charge in [0.25, 0.3) is 0 Å². The molecule has 0 aromatic heterocycles. The number of urea groups is 1. The van der Waals surface area contributed by atoms with Gasteiger partial charge in [-0.2, -0.15) is 0 Å². The number of ether oxygens (including phenoxy) is 2. The number of halogens is 2. The number of rotatable bonds is 4. The summed E-state index contributed by atoms with van der Waals surface area (Å²) in [5.41, 5.74) is 1.89. The minimum absolute atomic E-state index is 0.408. The van der Waals surface area contributed by atoms with Crippen molar-refractivity contribution in [1.29, 1.82) is 0 Å². The number of hydrogen-bond donors (Lipinski definition) is 2. The molecule has 2 rings (SSSR count). The number of nitrogens with one attached hydrogen (secondary N) is 2. The number of carbonyl (C=O) groups excluding carboxylic acids is 1. The molecule has 0 aliphatic carbocycles. The summed E-state index contributed by atoms with van der Waals surface area (Å²) < 4.78 is 10.3. The van der Waals surface area contributed by atoms with Gasteiger partial charge in [-0.15, -0.1) is 0 Å². The van der Waals surface area contributed by atoms with Gasteiger partial charge in [0.1, 0.15) is 11.5 Å². The zero-order chi connectivity index (χ0) is 17.0. The van der Waals surface area contributed by atoms with Gasteiger partial charge in [-0.25, -0.2) is 4.79 Å². The van der Waals surface area contributed by atoms with Crippen molar-refractivity contribution < 1.29 is 14.3 Å². The monoisotopic (exact) mass is 354 g/mol. The average molecular weight is 355 g/mol. The molecule has 2 aromatic rings. The van der Waals surface area contributed by atoms with Crippen molar-refractivity contribution in [2.24, 2.45) is 0 Å². The van der Waals surface area contributed by atoms with E-state index in [4.69, 9.17) is 32.7 Å². The van der Waals surface area contributed by atoms with E-state index in [0.29, 0.717) is 32.9 Å². The van der Waals surface area contributed by atoms with E-state index in [1.807, 2.05) is 6.92 Å². The Kier molecular flexibility index (Phi) is 5.58. The van der Waals surface area contributed by atoms with Gasteiger partial charge in [0.15, 0.2) is 0 Å². The summed E-state index contributed by atoms with van der Waals surface area (Å²) in [7, 11) is 3.03. The maximum atomic E-state index is 12.1. The topological polar surface area (TPSA) is 59.6 Å². The smallest absolute Gasteiger partial charge is 0.323 e. The quantitative estimate of drug-likeness (QED) is 0.815. The first-order valence-corrected chi connectivity index (χ1v) is 7.46. The molecule has 0 aliphatic heterocycles. The van der Waals surface area contributed by atoms with E-state index in [2.05, 4.69) is 10.6 Å². The predicted molar refractivity (Wildman–Crippen MR) is 93.4 cm³/mol. The summed E-state index contributed by atoms with van der Waals surface area (Å²) in [5.74, 6) is 1.01. The Balaban J connectivity index is 2.14. The molecular weight excluding hydrogens is 339 g/mol. The molecule has 0 saturated heterocycles. The number of benzene rings is 2. The molecule has 0 saturated carbocycles.